The van der Waals surface area contributed by atoms with Crippen molar-refractivity contribution >= 4 is 6.21 Å². The molecule has 0 amide bonds. The molecule has 0 saturated heterocycles. The number of unbranched alkanes of at least 4 members (excludes halogenated alkanes) is 7. The van der Waals surface area contributed by atoms with E-state index in [-0.39, 0.29) is 0 Å². The second kappa shape index (κ2) is 11.9. The van der Waals surface area contributed by atoms with E-state index in [0.29, 0.717) is 18.1 Å². The minimum atomic E-state index is 0.644. The Morgan fingerprint density at radius 1 is 1.05 bits per heavy atom. The van der Waals surface area contributed by atoms with Crippen LogP contribution < -0.4 is 9.47 Å². The Balaban J connectivity index is 2.29. The molecule has 0 aromatic heterocycles. The molecule has 0 atom stereocenters. The van der Waals surface area contributed by atoms with Gasteiger partial charge in [0.15, 0.2) is 11.5 Å². The third-order valence-electron chi connectivity index (χ3n) is 3.67. The minimum Gasteiger partial charge on any atom is -0.493 e. The van der Waals surface area contributed by atoms with Gasteiger partial charge in [0.1, 0.15) is 0 Å². The third kappa shape index (κ3) is 6.83. The van der Waals surface area contributed by atoms with Gasteiger partial charge in [-0.2, -0.15) is 0 Å². The number of hydrogen-bond acceptors (Lipinski definition) is 4. The van der Waals surface area contributed by atoms with Crippen LogP contribution >= 0.6 is 0 Å². The highest BCUT2D eigenvalue weighted by Gasteiger charge is 2.09. The van der Waals surface area contributed by atoms with Gasteiger partial charge in [0.2, 0.25) is 0 Å². The lowest BCUT2D eigenvalue weighted by molar-refractivity contribution is 0.283. The van der Waals surface area contributed by atoms with E-state index in [0.717, 1.165) is 12.0 Å². The van der Waals surface area contributed by atoms with Crippen LogP contribution in [0.15, 0.2) is 23.4 Å². The summed E-state index contributed by atoms with van der Waals surface area (Å²) in [5.41, 5.74) is 0.724. The average Bonchev–Trinajstić information content (AvgIpc) is 2.54. The Morgan fingerprint density at radius 3 is 2.36 bits per heavy atom. The van der Waals surface area contributed by atoms with Crippen molar-refractivity contribution in [2.45, 2.75) is 58.3 Å². The summed E-state index contributed by atoms with van der Waals surface area (Å²) in [5, 5.41) is 11.8. The molecule has 0 saturated carbocycles. The molecule has 0 radical (unpaired) electrons. The normalized spacial score (nSPS) is 11.0. The Kier molecular flexibility index (Phi) is 9.92. The van der Waals surface area contributed by atoms with Crippen LogP contribution in [0.4, 0.5) is 0 Å². The van der Waals surface area contributed by atoms with Gasteiger partial charge in [0.25, 0.3) is 0 Å². The first-order valence-corrected chi connectivity index (χ1v) is 8.30. The van der Waals surface area contributed by atoms with E-state index in [1.165, 1.54) is 51.2 Å². The van der Waals surface area contributed by atoms with Crippen molar-refractivity contribution in [1.29, 1.82) is 0 Å². The SMILES string of the molecule is CCCCCCCCCCOc1c(C=NO)cccc1OC. The van der Waals surface area contributed by atoms with E-state index < -0.39 is 0 Å². The smallest absolute Gasteiger partial charge is 0.170 e. The summed E-state index contributed by atoms with van der Waals surface area (Å²) in [7, 11) is 1.61. The van der Waals surface area contributed by atoms with Gasteiger partial charge in [0, 0.05) is 5.56 Å². The van der Waals surface area contributed by atoms with Crippen molar-refractivity contribution in [2.75, 3.05) is 13.7 Å². The van der Waals surface area contributed by atoms with Gasteiger partial charge in [-0.05, 0) is 18.6 Å². The van der Waals surface area contributed by atoms with E-state index >= 15 is 0 Å². The molecule has 0 bridgehead atoms. The quantitative estimate of drug-likeness (QED) is 0.255. The summed E-state index contributed by atoms with van der Waals surface area (Å²) in [4.78, 5) is 0. The molecule has 1 rings (SSSR count). The lowest BCUT2D eigenvalue weighted by atomic mass is 10.1. The van der Waals surface area contributed by atoms with Crippen molar-refractivity contribution in [3.05, 3.63) is 23.8 Å². The molecule has 4 nitrogen and oxygen atoms in total. The van der Waals surface area contributed by atoms with Crippen molar-refractivity contribution in [1.82, 2.24) is 0 Å². The third-order valence-corrected chi connectivity index (χ3v) is 3.67. The predicted octanol–water partition coefficient (Wildman–Crippen LogP) is 5.02. The van der Waals surface area contributed by atoms with Crippen molar-refractivity contribution in [3.63, 3.8) is 0 Å². The Bertz CT molecular complexity index is 432. The number of hydrogen-bond donors (Lipinski definition) is 1. The number of para-hydroxylation sites is 1. The maximum absolute atomic E-state index is 8.71. The van der Waals surface area contributed by atoms with Gasteiger partial charge in [-0.25, -0.2) is 0 Å². The summed E-state index contributed by atoms with van der Waals surface area (Å²) in [6, 6.07) is 5.53. The van der Waals surface area contributed by atoms with Gasteiger partial charge in [-0.3, -0.25) is 0 Å². The van der Waals surface area contributed by atoms with Gasteiger partial charge in [-0.15, -0.1) is 0 Å². The predicted molar refractivity (Wildman–Crippen MR) is 90.5 cm³/mol. The van der Waals surface area contributed by atoms with Crippen LogP contribution in [0.1, 0.15) is 63.9 Å². The van der Waals surface area contributed by atoms with Crippen molar-refractivity contribution in [2.24, 2.45) is 5.16 Å². The maximum Gasteiger partial charge on any atom is 0.170 e. The first kappa shape index (κ1) is 18.3. The fourth-order valence-electron chi connectivity index (χ4n) is 2.42. The molecule has 124 valence electrons. The maximum atomic E-state index is 8.71. The molecule has 1 aromatic carbocycles. The van der Waals surface area contributed by atoms with E-state index in [2.05, 4.69) is 12.1 Å². The fourth-order valence-corrected chi connectivity index (χ4v) is 2.42. The van der Waals surface area contributed by atoms with E-state index in [4.69, 9.17) is 14.7 Å². The molecule has 22 heavy (non-hydrogen) atoms. The van der Waals surface area contributed by atoms with Crippen LogP contribution in [-0.4, -0.2) is 25.1 Å². The molecule has 0 fully saturated rings. The lowest BCUT2D eigenvalue weighted by Gasteiger charge is -2.12. The molecule has 0 aliphatic rings. The highest BCUT2D eigenvalue weighted by Crippen LogP contribution is 2.30. The molecule has 0 aliphatic heterocycles. The molecule has 1 aromatic rings. The summed E-state index contributed by atoms with van der Waals surface area (Å²) >= 11 is 0. The number of oxime groups is 1. The zero-order valence-electron chi connectivity index (χ0n) is 13.9. The van der Waals surface area contributed by atoms with E-state index in [1.807, 2.05) is 18.2 Å². The zero-order chi connectivity index (χ0) is 16.0. The van der Waals surface area contributed by atoms with Crippen LogP contribution in [-0.2, 0) is 0 Å². The number of nitrogens with zero attached hydrogens (tertiary/aromatic N) is 1. The molecule has 1 N–H and O–H groups in total. The molecule has 0 aliphatic carbocycles. The summed E-state index contributed by atoms with van der Waals surface area (Å²) < 4.78 is 11.1. The summed E-state index contributed by atoms with van der Waals surface area (Å²) in [5.74, 6) is 1.31. The van der Waals surface area contributed by atoms with Gasteiger partial charge in [-0.1, -0.05) is 63.1 Å². The first-order chi connectivity index (χ1) is 10.8. The second-order valence-electron chi connectivity index (χ2n) is 5.45. The van der Waals surface area contributed by atoms with Crippen LogP contribution in [0.25, 0.3) is 0 Å². The van der Waals surface area contributed by atoms with Crippen LogP contribution in [0.5, 0.6) is 11.5 Å². The Hall–Kier alpha value is -1.71. The zero-order valence-corrected chi connectivity index (χ0v) is 13.9. The largest absolute Gasteiger partial charge is 0.493 e. The van der Waals surface area contributed by atoms with Crippen LogP contribution in [0.2, 0.25) is 0 Å². The summed E-state index contributed by atoms with van der Waals surface area (Å²) in [6.07, 6.45) is 11.5. The number of rotatable bonds is 12. The molecule has 0 unspecified atom stereocenters. The van der Waals surface area contributed by atoms with Gasteiger partial charge < -0.3 is 14.7 Å². The van der Waals surface area contributed by atoms with Crippen molar-refractivity contribution < 1.29 is 14.7 Å². The van der Waals surface area contributed by atoms with Crippen LogP contribution in [0, 0.1) is 0 Å². The average molecular weight is 307 g/mol. The number of ether oxygens (including phenoxy) is 2. The highest BCUT2D eigenvalue weighted by molar-refractivity contribution is 5.84. The van der Waals surface area contributed by atoms with Gasteiger partial charge >= 0.3 is 0 Å². The van der Waals surface area contributed by atoms with E-state index in [1.54, 1.807) is 7.11 Å². The molecule has 0 heterocycles. The molecular weight excluding hydrogens is 278 g/mol. The topological polar surface area (TPSA) is 51.0 Å². The van der Waals surface area contributed by atoms with E-state index in [9.17, 15) is 0 Å². The molecule has 4 heteroatoms. The fraction of sp³-hybridized carbons (Fsp3) is 0.611. The standard InChI is InChI=1S/C18H29NO3/c1-3-4-5-6-7-8-9-10-14-22-18-16(15-19-20)12-11-13-17(18)21-2/h11-13,15,20H,3-10,14H2,1-2H3. The molecular formula is C18H29NO3. The number of benzene rings is 1. The van der Waals surface area contributed by atoms with Gasteiger partial charge in [0.05, 0.1) is 19.9 Å². The Labute approximate surface area is 134 Å². The molecule has 0 spiro atoms. The second-order valence-corrected chi connectivity index (χ2v) is 5.45. The highest BCUT2D eigenvalue weighted by atomic mass is 16.5. The first-order valence-electron chi connectivity index (χ1n) is 8.30. The van der Waals surface area contributed by atoms with Crippen molar-refractivity contribution in [3.8, 4) is 11.5 Å². The lowest BCUT2D eigenvalue weighted by Crippen LogP contribution is -2.02. The van der Waals surface area contributed by atoms with Crippen LogP contribution in [0.3, 0.4) is 0 Å². The summed E-state index contributed by atoms with van der Waals surface area (Å²) in [6.45, 7) is 2.90. The number of methoxy groups -OCH3 is 1. The monoisotopic (exact) mass is 307 g/mol. The minimum absolute atomic E-state index is 0.644. The Morgan fingerprint density at radius 2 is 1.73 bits per heavy atom.